The lowest BCUT2D eigenvalue weighted by molar-refractivity contribution is 1.13. The summed E-state index contributed by atoms with van der Waals surface area (Å²) in [6.07, 6.45) is 7.84. The number of para-hydroxylation sites is 1. The first-order valence-electron chi connectivity index (χ1n) is 7.03. The average molecular weight is 259 g/mol. The fourth-order valence-corrected chi connectivity index (χ4v) is 1.37. The first-order valence-corrected chi connectivity index (χ1v) is 7.03. The molecule has 0 heterocycles. The van der Waals surface area contributed by atoms with Crippen molar-refractivity contribution < 1.29 is 0 Å². The van der Waals surface area contributed by atoms with Crippen LogP contribution in [-0.2, 0) is 0 Å². The number of nitrogens with zero attached hydrogens (tertiary/aromatic N) is 1. The summed E-state index contributed by atoms with van der Waals surface area (Å²) >= 11 is 0. The zero-order chi connectivity index (χ0) is 15.1. The van der Waals surface area contributed by atoms with Gasteiger partial charge in [0.25, 0.3) is 0 Å². The fourth-order valence-electron chi connectivity index (χ4n) is 1.37. The molecule has 0 spiro atoms. The molecule has 0 aliphatic carbocycles. The van der Waals surface area contributed by atoms with Crippen molar-refractivity contribution in [3.63, 3.8) is 0 Å². The number of anilines is 1. The number of hydrogen-bond donors (Lipinski definition) is 0. The molecular formula is C18H29N. The van der Waals surface area contributed by atoms with E-state index in [1.807, 2.05) is 65.0 Å². The van der Waals surface area contributed by atoms with Crippen LogP contribution in [0.15, 0.2) is 66.9 Å². The second kappa shape index (κ2) is 14.3. The lowest BCUT2D eigenvalue weighted by Gasteiger charge is -2.20. The van der Waals surface area contributed by atoms with Gasteiger partial charge in [-0.1, -0.05) is 70.7 Å². The zero-order valence-corrected chi connectivity index (χ0v) is 13.4. The monoisotopic (exact) mass is 259 g/mol. The van der Waals surface area contributed by atoms with Crippen LogP contribution >= 0.6 is 0 Å². The molecule has 0 N–H and O–H groups in total. The Balaban J connectivity index is 0. The zero-order valence-electron chi connectivity index (χ0n) is 13.4. The Morgan fingerprint density at radius 2 is 1.58 bits per heavy atom. The first-order chi connectivity index (χ1) is 9.29. The van der Waals surface area contributed by atoms with Gasteiger partial charge < -0.3 is 4.90 Å². The van der Waals surface area contributed by atoms with Crippen LogP contribution in [0.4, 0.5) is 5.69 Å². The van der Waals surface area contributed by atoms with Crippen molar-refractivity contribution in [2.45, 2.75) is 34.6 Å². The van der Waals surface area contributed by atoms with Crippen LogP contribution in [0.25, 0.3) is 0 Å². The quantitative estimate of drug-likeness (QED) is 0.616. The molecule has 0 radical (unpaired) electrons. The summed E-state index contributed by atoms with van der Waals surface area (Å²) in [4.78, 5) is 2.14. The molecule has 106 valence electrons. The van der Waals surface area contributed by atoms with Gasteiger partial charge in [-0.3, -0.25) is 0 Å². The number of benzene rings is 1. The Morgan fingerprint density at radius 3 is 2.00 bits per heavy atom. The SMILES string of the molecule is C=C/C=C\C(=C/C)N(C)c1ccccc1.CC.CC. The third kappa shape index (κ3) is 8.04. The predicted molar refractivity (Wildman–Crippen MR) is 90.6 cm³/mol. The molecule has 1 aromatic rings. The van der Waals surface area contributed by atoms with Crippen LogP contribution in [-0.4, -0.2) is 7.05 Å². The Kier molecular flexibility index (Phi) is 14.7. The molecule has 19 heavy (non-hydrogen) atoms. The van der Waals surface area contributed by atoms with E-state index in [4.69, 9.17) is 0 Å². The molecule has 1 rings (SSSR count). The van der Waals surface area contributed by atoms with E-state index in [2.05, 4.69) is 36.7 Å². The fraction of sp³-hybridized carbons (Fsp3) is 0.333. The predicted octanol–water partition coefficient (Wildman–Crippen LogP) is 5.82. The molecule has 0 saturated heterocycles. The van der Waals surface area contributed by atoms with Crippen LogP contribution < -0.4 is 4.90 Å². The maximum Gasteiger partial charge on any atom is 0.0407 e. The lowest BCUT2D eigenvalue weighted by Crippen LogP contribution is -2.14. The molecule has 0 unspecified atom stereocenters. The van der Waals surface area contributed by atoms with Gasteiger partial charge in [-0.05, 0) is 25.1 Å². The number of allylic oxidation sites excluding steroid dienone is 4. The highest BCUT2D eigenvalue weighted by Gasteiger charge is 2.01. The van der Waals surface area contributed by atoms with E-state index >= 15 is 0 Å². The number of hydrogen-bond acceptors (Lipinski definition) is 1. The lowest BCUT2D eigenvalue weighted by atomic mass is 10.2. The topological polar surface area (TPSA) is 3.24 Å². The summed E-state index contributed by atoms with van der Waals surface area (Å²) < 4.78 is 0. The van der Waals surface area contributed by atoms with Crippen LogP contribution in [0.1, 0.15) is 34.6 Å². The Hall–Kier alpha value is -1.76. The molecule has 0 amide bonds. The summed E-state index contributed by atoms with van der Waals surface area (Å²) in [6, 6.07) is 10.3. The molecule has 0 aliphatic rings. The molecule has 0 fully saturated rings. The van der Waals surface area contributed by atoms with Gasteiger partial charge in [0.15, 0.2) is 0 Å². The Morgan fingerprint density at radius 1 is 1.05 bits per heavy atom. The van der Waals surface area contributed by atoms with Gasteiger partial charge in [0, 0.05) is 18.4 Å². The van der Waals surface area contributed by atoms with Gasteiger partial charge in [-0.25, -0.2) is 0 Å². The van der Waals surface area contributed by atoms with E-state index in [1.165, 1.54) is 5.69 Å². The third-order valence-electron chi connectivity index (χ3n) is 2.23. The van der Waals surface area contributed by atoms with E-state index in [0.29, 0.717) is 0 Å². The first kappa shape index (κ1) is 19.6. The highest BCUT2D eigenvalue weighted by Crippen LogP contribution is 2.17. The average Bonchev–Trinajstić information content (AvgIpc) is 2.52. The summed E-state index contributed by atoms with van der Waals surface area (Å²) in [7, 11) is 2.05. The summed E-state index contributed by atoms with van der Waals surface area (Å²) in [5, 5.41) is 0. The Labute approximate surface area is 120 Å². The summed E-state index contributed by atoms with van der Waals surface area (Å²) in [5.74, 6) is 0. The second-order valence-corrected chi connectivity index (χ2v) is 3.20. The van der Waals surface area contributed by atoms with Crippen LogP contribution in [0, 0.1) is 0 Å². The van der Waals surface area contributed by atoms with Gasteiger partial charge in [-0.15, -0.1) is 0 Å². The molecule has 0 saturated carbocycles. The minimum absolute atomic E-state index is 1.15. The molecule has 1 heteroatoms. The van der Waals surface area contributed by atoms with Gasteiger partial charge in [-0.2, -0.15) is 0 Å². The summed E-state index contributed by atoms with van der Waals surface area (Å²) in [5.41, 5.74) is 2.33. The van der Waals surface area contributed by atoms with Crippen molar-refractivity contribution >= 4 is 5.69 Å². The maximum absolute atomic E-state index is 3.67. The van der Waals surface area contributed by atoms with Gasteiger partial charge in [0.2, 0.25) is 0 Å². The van der Waals surface area contributed by atoms with Gasteiger partial charge in [0.1, 0.15) is 0 Å². The number of rotatable bonds is 4. The van der Waals surface area contributed by atoms with E-state index < -0.39 is 0 Å². The molecule has 1 nitrogen and oxygen atoms in total. The highest BCUT2D eigenvalue weighted by molar-refractivity contribution is 5.53. The van der Waals surface area contributed by atoms with Crippen LogP contribution in [0.3, 0.4) is 0 Å². The molecule has 0 atom stereocenters. The van der Waals surface area contributed by atoms with Gasteiger partial charge >= 0.3 is 0 Å². The minimum atomic E-state index is 1.15. The van der Waals surface area contributed by atoms with Crippen LogP contribution in [0.2, 0.25) is 0 Å². The van der Waals surface area contributed by atoms with Crippen molar-refractivity contribution in [3.8, 4) is 0 Å². The normalized spacial score (nSPS) is 9.89. The molecular weight excluding hydrogens is 230 g/mol. The highest BCUT2D eigenvalue weighted by atomic mass is 15.1. The van der Waals surface area contributed by atoms with Crippen molar-refractivity contribution in [2.24, 2.45) is 0 Å². The molecule has 0 bridgehead atoms. The van der Waals surface area contributed by atoms with Crippen molar-refractivity contribution in [2.75, 3.05) is 11.9 Å². The van der Waals surface area contributed by atoms with Crippen molar-refractivity contribution in [1.82, 2.24) is 0 Å². The van der Waals surface area contributed by atoms with E-state index in [0.717, 1.165) is 5.70 Å². The van der Waals surface area contributed by atoms with Gasteiger partial charge in [0.05, 0.1) is 0 Å². The van der Waals surface area contributed by atoms with E-state index in [9.17, 15) is 0 Å². The largest absolute Gasteiger partial charge is 0.345 e. The molecule has 0 aromatic heterocycles. The second-order valence-electron chi connectivity index (χ2n) is 3.20. The molecule has 1 aromatic carbocycles. The van der Waals surface area contributed by atoms with Crippen LogP contribution in [0.5, 0.6) is 0 Å². The van der Waals surface area contributed by atoms with Crippen molar-refractivity contribution in [1.29, 1.82) is 0 Å². The Bertz CT molecular complexity index is 361. The van der Waals surface area contributed by atoms with E-state index in [-0.39, 0.29) is 0 Å². The standard InChI is InChI=1S/C14H17N.2C2H6/c1-4-6-10-13(5-2)15(3)14-11-8-7-9-12-14;2*1-2/h4-12H,1H2,2-3H3;2*1-2H3/b10-6-,13-5+;;. The number of likely N-dealkylation sites (N-methyl/N-ethyl adjacent to an activating group) is 1. The smallest absolute Gasteiger partial charge is 0.0407 e. The van der Waals surface area contributed by atoms with E-state index in [1.54, 1.807) is 6.08 Å². The summed E-state index contributed by atoms with van der Waals surface area (Å²) in [6.45, 7) is 13.7. The maximum atomic E-state index is 3.67. The molecule has 0 aliphatic heterocycles. The third-order valence-corrected chi connectivity index (χ3v) is 2.23. The van der Waals surface area contributed by atoms with Crippen molar-refractivity contribution in [3.05, 3.63) is 66.9 Å². The minimum Gasteiger partial charge on any atom is -0.345 e.